The lowest BCUT2D eigenvalue weighted by molar-refractivity contribution is -0.131. The number of rotatable bonds is 3. The fraction of sp³-hybridized carbons (Fsp3) is 0.429. The summed E-state index contributed by atoms with van der Waals surface area (Å²) in [5.41, 5.74) is 6.58. The van der Waals surface area contributed by atoms with Gasteiger partial charge in [0.25, 0.3) is 5.91 Å². The van der Waals surface area contributed by atoms with E-state index in [1.807, 2.05) is 0 Å². The summed E-state index contributed by atoms with van der Waals surface area (Å²) in [5, 5.41) is 2.71. The van der Waals surface area contributed by atoms with Crippen molar-refractivity contribution in [1.29, 1.82) is 0 Å². The van der Waals surface area contributed by atoms with Gasteiger partial charge >= 0.3 is 0 Å². The third kappa shape index (κ3) is 3.30. The topological polar surface area (TPSA) is 75.4 Å². The molecule has 0 bridgehead atoms. The van der Waals surface area contributed by atoms with Gasteiger partial charge in [0.1, 0.15) is 6.04 Å². The Morgan fingerprint density at radius 2 is 2.00 bits per heavy atom. The molecule has 0 saturated carbocycles. The molecule has 1 fully saturated rings. The average Bonchev–Trinajstić information content (AvgIpc) is 2.91. The Kier molecular flexibility index (Phi) is 4.65. The standard InChI is InChI=1S/C14H18BrN3O2/c1-9(14(20)18-6-2-3-7-18)17-13(19)11-5-4-10(15)8-12(11)16/h4-5,8-9H,2-3,6-7,16H2,1H3,(H,17,19). The first-order chi connectivity index (χ1) is 9.49. The Morgan fingerprint density at radius 3 is 2.60 bits per heavy atom. The number of nitrogens with two attached hydrogens (primary N) is 1. The molecule has 108 valence electrons. The number of carbonyl (C=O) groups excluding carboxylic acids is 2. The quantitative estimate of drug-likeness (QED) is 0.824. The number of hydrogen-bond donors (Lipinski definition) is 2. The molecule has 0 aliphatic carbocycles. The number of carbonyl (C=O) groups is 2. The minimum Gasteiger partial charge on any atom is -0.398 e. The third-order valence-electron chi connectivity index (χ3n) is 3.39. The van der Waals surface area contributed by atoms with E-state index in [4.69, 9.17) is 5.73 Å². The first kappa shape index (κ1) is 14.8. The Balaban J connectivity index is 2.01. The molecule has 2 rings (SSSR count). The lowest BCUT2D eigenvalue weighted by atomic mass is 10.1. The first-order valence-corrected chi connectivity index (χ1v) is 7.43. The van der Waals surface area contributed by atoms with E-state index < -0.39 is 6.04 Å². The maximum atomic E-state index is 12.1. The van der Waals surface area contributed by atoms with Gasteiger partial charge in [-0.2, -0.15) is 0 Å². The maximum Gasteiger partial charge on any atom is 0.254 e. The number of anilines is 1. The molecule has 0 spiro atoms. The zero-order chi connectivity index (χ0) is 14.7. The monoisotopic (exact) mass is 339 g/mol. The summed E-state index contributed by atoms with van der Waals surface area (Å²) in [5.74, 6) is -0.360. The van der Waals surface area contributed by atoms with Crippen LogP contribution in [0.1, 0.15) is 30.1 Å². The fourth-order valence-electron chi connectivity index (χ4n) is 2.29. The number of hydrogen-bond acceptors (Lipinski definition) is 3. The van der Waals surface area contributed by atoms with Gasteiger partial charge in [0.05, 0.1) is 5.56 Å². The highest BCUT2D eigenvalue weighted by molar-refractivity contribution is 9.10. The summed E-state index contributed by atoms with van der Waals surface area (Å²) < 4.78 is 0.813. The van der Waals surface area contributed by atoms with Crippen molar-refractivity contribution < 1.29 is 9.59 Å². The molecule has 0 radical (unpaired) electrons. The Bertz CT molecular complexity index is 527. The van der Waals surface area contributed by atoms with Crippen LogP contribution < -0.4 is 11.1 Å². The van der Waals surface area contributed by atoms with Crippen molar-refractivity contribution in [2.45, 2.75) is 25.8 Å². The number of nitrogens with one attached hydrogen (secondary N) is 1. The van der Waals surface area contributed by atoms with E-state index in [9.17, 15) is 9.59 Å². The van der Waals surface area contributed by atoms with Gasteiger partial charge in [-0.15, -0.1) is 0 Å². The Morgan fingerprint density at radius 1 is 1.35 bits per heavy atom. The number of amides is 2. The highest BCUT2D eigenvalue weighted by Gasteiger charge is 2.25. The van der Waals surface area contributed by atoms with Crippen molar-refractivity contribution >= 4 is 33.4 Å². The first-order valence-electron chi connectivity index (χ1n) is 6.63. The SMILES string of the molecule is CC(NC(=O)c1ccc(Br)cc1N)C(=O)N1CCCC1. The molecule has 1 aromatic rings. The van der Waals surface area contributed by atoms with Crippen molar-refractivity contribution in [1.82, 2.24) is 10.2 Å². The Labute approximate surface area is 126 Å². The largest absolute Gasteiger partial charge is 0.398 e. The molecule has 1 aliphatic heterocycles. The van der Waals surface area contributed by atoms with Crippen molar-refractivity contribution in [2.24, 2.45) is 0 Å². The van der Waals surface area contributed by atoms with Crippen molar-refractivity contribution in [2.75, 3.05) is 18.8 Å². The molecule has 1 saturated heterocycles. The van der Waals surface area contributed by atoms with Crippen LogP contribution in [0.25, 0.3) is 0 Å². The van der Waals surface area contributed by atoms with Crippen LogP contribution in [0.5, 0.6) is 0 Å². The summed E-state index contributed by atoms with van der Waals surface area (Å²) in [4.78, 5) is 26.0. The highest BCUT2D eigenvalue weighted by atomic mass is 79.9. The predicted molar refractivity (Wildman–Crippen MR) is 81.3 cm³/mol. The van der Waals surface area contributed by atoms with Crippen molar-refractivity contribution in [3.8, 4) is 0 Å². The summed E-state index contributed by atoms with van der Waals surface area (Å²) >= 11 is 3.29. The number of benzene rings is 1. The zero-order valence-electron chi connectivity index (χ0n) is 11.4. The van der Waals surface area contributed by atoms with Gasteiger partial charge in [0, 0.05) is 23.2 Å². The Hall–Kier alpha value is -1.56. The molecular weight excluding hydrogens is 322 g/mol. The van der Waals surface area contributed by atoms with E-state index >= 15 is 0 Å². The third-order valence-corrected chi connectivity index (χ3v) is 3.89. The molecule has 3 N–H and O–H groups in total. The van der Waals surface area contributed by atoms with Gasteiger partial charge in [-0.25, -0.2) is 0 Å². The van der Waals surface area contributed by atoms with Crippen LogP contribution in [0, 0.1) is 0 Å². The van der Waals surface area contributed by atoms with Crippen molar-refractivity contribution in [3.63, 3.8) is 0 Å². The van der Waals surface area contributed by atoms with Crippen LogP contribution in [0.15, 0.2) is 22.7 Å². The number of nitrogens with zero attached hydrogens (tertiary/aromatic N) is 1. The van der Waals surface area contributed by atoms with Gasteiger partial charge in [-0.1, -0.05) is 15.9 Å². The molecule has 1 unspecified atom stereocenters. The van der Waals surface area contributed by atoms with Crippen LogP contribution in [0.2, 0.25) is 0 Å². The van der Waals surface area contributed by atoms with Crippen LogP contribution in [0.3, 0.4) is 0 Å². The van der Waals surface area contributed by atoms with E-state index in [2.05, 4.69) is 21.2 Å². The number of nitrogen functional groups attached to an aromatic ring is 1. The van der Waals surface area contributed by atoms with Crippen molar-refractivity contribution in [3.05, 3.63) is 28.2 Å². The van der Waals surface area contributed by atoms with E-state index in [1.165, 1.54) is 0 Å². The van der Waals surface area contributed by atoms with E-state index in [0.717, 1.165) is 30.4 Å². The molecule has 2 amide bonds. The lowest BCUT2D eigenvalue weighted by Crippen LogP contribution is -2.46. The molecule has 1 atom stereocenters. The second kappa shape index (κ2) is 6.26. The van der Waals surface area contributed by atoms with E-state index in [0.29, 0.717) is 11.3 Å². The number of halogens is 1. The van der Waals surface area contributed by atoms with Gasteiger partial charge in [-0.05, 0) is 38.0 Å². The highest BCUT2D eigenvalue weighted by Crippen LogP contribution is 2.18. The number of likely N-dealkylation sites (tertiary alicyclic amines) is 1. The smallest absolute Gasteiger partial charge is 0.254 e. The molecular formula is C14H18BrN3O2. The molecule has 20 heavy (non-hydrogen) atoms. The average molecular weight is 340 g/mol. The molecule has 1 aromatic carbocycles. The minimum atomic E-state index is -0.538. The summed E-state index contributed by atoms with van der Waals surface area (Å²) in [6.07, 6.45) is 2.07. The van der Waals surface area contributed by atoms with E-state index in [-0.39, 0.29) is 11.8 Å². The normalized spacial score (nSPS) is 16.0. The maximum absolute atomic E-state index is 12.1. The fourth-order valence-corrected chi connectivity index (χ4v) is 2.67. The summed E-state index contributed by atoms with van der Waals surface area (Å²) in [6.45, 7) is 3.26. The van der Waals surface area contributed by atoms with Gasteiger partial charge in [-0.3, -0.25) is 9.59 Å². The summed E-state index contributed by atoms with van der Waals surface area (Å²) in [7, 11) is 0. The van der Waals surface area contributed by atoms with Crippen LogP contribution in [-0.2, 0) is 4.79 Å². The molecule has 6 heteroatoms. The summed E-state index contributed by atoms with van der Waals surface area (Å²) in [6, 6.07) is 4.52. The lowest BCUT2D eigenvalue weighted by Gasteiger charge is -2.21. The predicted octanol–water partition coefficient (Wildman–Crippen LogP) is 1.77. The second-order valence-electron chi connectivity index (χ2n) is 4.96. The molecule has 1 heterocycles. The van der Waals surface area contributed by atoms with Crippen LogP contribution >= 0.6 is 15.9 Å². The van der Waals surface area contributed by atoms with Crippen LogP contribution in [0.4, 0.5) is 5.69 Å². The minimum absolute atomic E-state index is 0.0356. The molecule has 1 aliphatic rings. The zero-order valence-corrected chi connectivity index (χ0v) is 12.9. The molecule has 0 aromatic heterocycles. The molecule has 5 nitrogen and oxygen atoms in total. The second-order valence-corrected chi connectivity index (χ2v) is 5.87. The van der Waals surface area contributed by atoms with Gasteiger partial charge in [0.15, 0.2) is 0 Å². The van der Waals surface area contributed by atoms with Crippen LogP contribution in [-0.4, -0.2) is 35.8 Å². The van der Waals surface area contributed by atoms with Gasteiger partial charge < -0.3 is 16.0 Å². The van der Waals surface area contributed by atoms with Gasteiger partial charge in [0.2, 0.25) is 5.91 Å². The van der Waals surface area contributed by atoms with E-state index in [1.54, 1.807) is 30.0 Å².